The van der Waals surface area contributed by atoms with Gasteiger partial charge in [0.15, 0.2) is 0 Å². The Labute approximate surface area is 119 Å². The first-order valence-corrected chi connectivity index (χ1v) is 8.34. The summed E-state index contributed by atoms with van der Waals surface area (Å²) in [5, 5.41) is 0. The second kappa shape index (κ2) is 6.55. The van der Waals surface area contributed by atoms with Crippen molar-refractivity contribution in [2.24, 2.45) is 5.73 Å². The number of hydrogen-bond donors (Lipinski definition) is 1. The highest BCUT2D eigenvalue weighted by Crippen LogP contribution is 2.38. The molecule has 2 rings (SSSR count). The van der Waals surface area contributed by atoms with Gasteiger partial charge in [0.1, 0.15) is 0 Å². The molecule has 0 amide bonds. The highest BCUT2D eigenvalue weighted by atomic mass is 15.3. The number of piperidine rings is 1. The molecule has 0 aromatic rings. The van der Waals surface area contributed by atoms with Crippen LogP contribution in [0, 0.1) is 0 Å². The molecule has 2 N–H and O–H groups in total. The molecule has 3 heteroatoms. The molecule has 0 bridgehead atoms. The van der Waals surface area contributed by atoms with Gasteiger partial charge in [0.25, 0.3) is 0 Å². The fraction of sp³-hybridized carbons (Fsp3) is 1.00. The Morgan fingerprint density at radius 1 is 1.26 bits per heavy atom. The molecule has 3 nitrogen and oxygen atoms in total. The van der Waals surface area contributed by atoms with E-state index in [0.717, 1.165) is 12.6 Å². The molecule has 1 saturated heterocycles. The molecule has 19 heavy (non-hydrogen) atoms. The summed E-state index contributed by atoms with van der Waals surface area (Å²) in [5.41, 5.74) is 6.55. The molecule has 0 aromatic heterocycles. The molecule has 0 radical (unpaired) electrons. The van der Waals surface area contributed by atoms with Crippen molar-refractivity contribution < 1.29 is 0 Å². The third-order valence-electron chi connectivity index (χ3n) is 5.19. The van der Waals surface area contributed by atoms with Crippen LogP contribution >= 0.6 is 0 Å². The number of nitrogens with two attached hydrogens (primary N) is 1. The zero-order chi connectivity index (χ0) is 13.9. The molecule has 1 aliphatic carbocycles. The van der Waals surface area contributed by atoms with Crippen molar-refractivity contribution in [3.8, 4) is 0 Å². The maximum Gasteiger partial charge on any atom is 0.0358 e. The normalized spacial score (nSPS) is 24.3. The highest BCUT2D eigenvalue weighted by Gasteiger charge is 2.44. The van der Waals surface area contributed by atoms with E-state index in [1.807, 2.05) is 0 Å². The first-order chi connectivity index (χ1) is 9.13. The quantitative estimate of drug-likeness (QED) is 0.769. The van der Waals surface area contributed by atoms with Crippen molar-refractivity contribution in [2.75, 3.05) is 26.2 Å². The topological polar surface area (TPSA) is 32.5 Å². The largest absolute Gasteiger partial charge is 0.329 e. The fourth-order valence-electron chi connectivity index (χ4n) is 3.59. The molecule has 0 aromatic carbocycles. The Hall–Kier alpha value is -0.120. The van der Waals surface area contributed by atoms with Crippen molar-refractivity contribution in [3.63, 3.8) is 0 Å². The van der Waals surface area contributed by atoms with Crippen LogP contribution in [0.5, 0.6) is 0 Å². The minimum Gasteiger partial charge on any atom is -0.329 e. The first-order valence-electron chi connectivity index (χ1n) is 8.34. The fourth-order valence-corrected chi connectivity index (χ4v) is 3.59. The average Bonchev–Trinajstić information content (AvgIpc) is 3.24. The third kappa shape index (κ3) is 3.50. The van der Waals surface area contributed by atoms with Gasteiger partial charge in [-0.2, -0.15) is 0 Å². The van der Waals surface area contributed by atoms with Crippen LogP contribution in [0.2, 0.25) is 0 Å². The maximum absolute atomic E-state index is 6.24. The van der Waals surface area contributed by atoms with Crippen LogP contribution in [0.1, 0.15) is 59.3 Å². The molecule has 1 heterocycles. The van der Waals surface area contributed by atoms with Gasteiger partial charge in [0.2, 0.25) is 0 Å². The van der Waals surface area contributed by atoms with E-state index in [9.17, 15) is 0 Å². The Kier molecular flexibility index (Phi) is 5.27. The van der Waals surface area contributed by atoms with Gasteiger partial charge in [-0.1, -0.05) is 13.3 Å². The summed E-state index contributed by atoms with van der Waals surface area (Å²) in [4.78, 5) is 5.41. The van der Waals surface area contributed by atoms with Crippen molar-refractivity contribution in [2.45, 2.75) is 76.9 Å². The number of hydrogen-bond acceptors (Lipinski definition) is 3. The summed E-state index contributed by atoms with van der Waals surface area (Å²) in [6.45, 7) is 11.5. The van der Waals surface area contributed by atoms with Crippen LogP contribution in [-0.4, -0.2) is 53.6 Å². The van der Waals surface area contributed by atoms with Crippen molar-refractivity contribution in [1.82, 2.24) is 9.80 Å². The van der Waals surface area contributed by atoms with Gasteiger partial charge in [0, 0.05) is 37.3 Å². The van der Waals surface area contributed by atoms with Gasteiger partial charge in [-0.25, -0.2) is 0 Å². The lowest BCUT2D eigenvalue weighted by Crippen LogP contribution is -2.61. The van der Waals surface area contributed by atoms with Crippen LogP contribution in [0.4, 0.5) is 0 Å². The summed E-state index contributed by atoms with van der Waals surface area (Å²) >= 11 is 0. The second-order valence-electron chi connectivity index (χ2n) is 6.84. The highest BCUT2D eigenvalue weighted by molar-refractivity contribution is 5.02. The molecular formula is C16H33N3. The molecule has 1 aliphatic heterocycles. The standard InChI is InChI=1S/C16H33N3/c1-4-5-10-19(15-6-7-15)16(13-17)8-11-18(12-9-16)14(2)3/h14-15H,4-13,17H2,1-3H3. The second-order valence-corrected chi connectivity index (χ2v) is 6.84. The molecule has 2 fully saturated rings. The molecule has 2 aliphatic rings. The van der Waals surface area contributed by atoms with Gasteiger partial charge in [0.05, 0.1) is 0 Å². The van der Waals surface area contributed by atoms with E-state index in [2.05, 4.69) is 30.6 Å². The first kappa shape index (κ1) is 15.3. The predicted molar refractivity (Wildman–Crippen MR) is 82.4 cm³/mol. The summed E-state index contributed by atoms with van der Waals surface area (Å²) in [7, 11) is 0. The molecular weight excluding hydrogens is 234 g/mol. The Morgan fingerprint density at radius 3 is 2.32 bits per heavy atom. The van der Waals surface area contributed by atoms with Crippen LogP contribution in [0.25, 0.3) is 0 Å². The number of rotatable bonds is 7. The van der Waals surface area contributed by atoms with Crippen molar-refractivity contribution in [3.05, 3.63) is 0 Å². The van der Waals surface area contributed by atoms with Gasteiger partial charge in [-0.05, 0) is 52.5 Å². The van der Waals surface area contributed by atoms with E-state index in [1.165, 1.54) is 58.2 Å². The van der Waals surface area contributed by atoms with E-state index < -0.39 is 0 Å². The maximum atomic E-state index is 6.24. The van der Waals surface area contributed by atoms with E-state index in [1.54, 1.807) is 0 Å². The van der Waals surface area contributed by atoms with Crippen LogP contribution in [0.15, 0.2) is 0 Å². The lowest BCUT2D eigenvalue weighted by molar-refractivity contribution is 0.0113. The van der Waals surface area contributed by atoms with Crippen molar-refractivity contribution in [1.29, 1.82) is 0 Å². The molecule has 0 spiro atoms. The monoisotopic (exact) mass is 267 g/mol. The van der Waals surface area contributed by atoms with Gasteiger partial charge >= 0.3 is 0 Å². The van der Waals surface area contributed by atoms with Gasteiger partial charge < -0.3 is 10.6 Å². The van der Waals surface area contributed by atoms with E-state index in [-0.39, 0.29) is 0 Å². The Balaban J connectivity index is 2.00. The zero-order valence-corrected chi connectivity index (χ0v) is 13.2. The summed E-state index contributed by atoms with van der Waals surface area (Å²) < 4.78 is 0. The van der Waals surface area contributed by atoms with Crippen LogP contribution in [-0.2, 0) is 0 Å². The summed E-state index contributed by atoms with van der Waals surface area (Å²) in [6.07, 6.45) is 7.96. The molecule has 0 unspecified atom stereocenters. The summed E-state index contributed by atoms with van der Waals surface area (Å²) in [5.74, 6) is 0. The lowest BCUT2D eigenvalue weighted by atomic mass is 9.84. The number of likely N-dealkylation sites (tertiary alicyclic amines) is 1. The molecule has 1 saturated carbocycles. The molecule has 0 atom stereocenters. The van der Waals surface area contributed by atoms with Crippen LogP contribution in [0.3, 0.4) is 0 Å². The molecule has 112 valence electrons. The van der Waals surface area contributed by atoms with E-state index in [0.29, 0.717) is 11.6 Å². The third-order valence-corrected chi connectivity index (χ3v) is 5.19. The van der Waals surface area contributed by atoms with E-state index >= 15 is 0 Å². The van der Waals surface area contributed by atoms with Crippen LogP contribution < -0.4 is 5.73 Å². The lowest BCUT2D eigenvalue weighted by Gasteiger charge is -2.49. The zero-order valence-electron chi connectivity index (χ0n) is 13.2. The number of unbranched alkanes of at least 4 members (excludes halogenated alkanes) is 1. The average molecular weight is 267 g/mol. The van der Waals surface area contributed by atoms with Gasteiger partial charge in [-0.3, -0.25) is 4.90 Å². The minimum absolute atomic E-state index is 0.307. The van der Waals surface area contributed by atoms with E-state index in [4.69, 9.17) is 5.73 Å². The van der Waals surface area contributed by atoms with Crippen molar-refractivity contribution >= 4 is 0 Å². The predicted octanol–water partition coefficient (Wildman–Crippen LogP) is 2.45. The van der Waals surface area contributed by atoms with Gasteiger partial charge in [-0.15, -0.1) is 0 Å². The SMILES string of the molecule is CCCCN(C1CC1)C1(CN)CCN(C(C)C)CC1. The smallest absolute Gasteiger partial charge is 0.0358 e. The summed E-state index contributed by atoms with van der Waals surface area (Å²) in [6, 6.07) is 1.53. The Bertz CT molecular complexity index is 265. The number of nitrogens with zero attached hydrogens (tertiary/aromatic N) is 2. The Morgan fingerprint density at radius 2 is 1.89 bits per heavy atom. The minimum atomic E-state index is 0.307.